The van der Waals surface area contributed by atoms with E-state index in [1.165, 1.54) is 6.42 Å². The monoisotopic (exact) mass is 352 g/mol. The van der Waals surface area contributed by atoms with Crippen LogP contribution in [0, 0.1) is 0 Å². The van der Waals surface area contributed by atoms with E-state index in [1.54, 1.807) is 21.9 Å². The van der Waals surface area contributed by atoms with Gasteiger partial charge in [-0.25, -0.2) is 0 Å². The minimum absolute atomic E-state index is 0.176. The van der Waals surface area contributed by atoms with Crippen LogP contribution in [0.25, 0.3) is 0 Å². The number of piperazine rings is 1. The molecule has 0 atom stereocenters. The molecular weight excluding hydrogens is 324 g/mol. The minimum Gasteiger partial charge on any atom is -0.295 e. The molecule has 1 aliphatic heterocycles. The largest absolute Gasteiger partial charge is 0.295 e. The highest BCUT2D eigenvalue weighted by molar-refractivity contribution is 7.86. The molecule has 134 valence electrons. The summed E-state index contributed by atoms with van der Waals surface area (Å²) >= 11 is 0. The zero-order chi connectivity index (χ0) is 17.0. The maximum absolute atomic E-state index is 12.9. The van der Waals surface area contributed by atoms with Crippen molar-refractivity contribution in [2.45, 2.75) is 44.7 Å². The quantitative estimate of drug-likeness (QED) is 0.809. The first-order valence-electron chi connectivity index (χ1n) is 8.93. The lowest BCUT2D eigenvalue weighted by Crippen LogP contribution is -2.54. The Labute approximate surface area is 145 Å². The van der Waals surface area contributed by atoms with E-state index in [-0.39, 0.29) is 6.04 Å². The van der Waals surface area contributed by atoms with Crippen LogP contribution in [0.5, 0.6) is 0 Å². The molecule has 3 rings (SSSR count). The van der Waals surface area contributed by atoms with Gasteiger partial charge in [0.05, 0.1) is 5.69 Å². The summed E-state index contributed by atoms with van der Waals surface area (Å²) < 4.78 is 29.0. The van der Waals surface area contributed by atoms with Crippen molar-refractivity contribution in [3.05, 3.63) is 30.1 Å². The molecular formula is C17H28N4O2S. The first-order chi connectivity index (χ1) is 11.6. The lowest BCUT2D eigenvalue weighted by Gasteiger charge is -2.38. The van der Waals surface area contributed by atoms with Crippen LogP contribution >= 0.6 is 0 Å². The van der Waals surface area contributed by atoms with Gasteiger partial charge in [-0.1, -0.05) is 25.3 Å². The second kappa shape index (κ2) is 7.91. The van der Waals surface area contributed by atoms with Crippen LogP contribution in [-0.4, -0.2) is 66.2 Å². The Morgan fingerprint density at radius 3 is 2.46 bits per heavy atom. The number of aromatic nitrogens is 1. The van der Waals surface area contributed by atoms with E-state index in [0.29, 0.717) is 13.1 Å². The molecule has 0 bridgehead atoms. The fraction of sp³-hybridized carbons (Fsp3) is 0.706. The Morgan fingerprint density at radius 1 is 1.12 bits per heavy atom. The van der Waals surface area contributed by atoms with Gasteiger partial charge < -0.3 is 0 Å². The van der Waals surface area contributed by atoms with Gasteiger partial charge in [0.2, 0.25) is 0 Å². The predicted octanol–water partition coefficient (Wildman–Crippen LogP) is 1.71. The molecule has 1 aromatic heterocycles. The van der Waals surface area contributed by atoms with Crippen LogP contribution in [0.2, 0.25) is 0 Å². The highest BCUT2D eigenvalue weighted by Crippen LogP contribution is 2.25. The first-order valence-corrected chi connectivity index (χ1v) is 10.3. The number of pyridine rings is 1. The lowest BCUT2D eigenvalue weighted by atomic mass is 9.96. The van der Waals surface area contributed by atoms with Crippen LogP contribution < -0.4 is 0 Å². The molecule has 1 saturated heterocycles. The predicted molar refractivity (Wildman–Crippen MR) is 94.6 cm³/mol. The Morgan fingerprint density at radius 2 is 1.83 bits per heavy atom. The average molecular weight is 353 g/mol. The van der Waals surface area contributed by atoms with Gasteiger partial charge in [0.15, 0.2) is 0 Å². The molecule has 2 heterocycles. The van der Waals surface area contributed by atoms with Crippen molar-refractivity contribution >= 4 is 10.2 Å². The van der Waals surface area contributed by atoms with Gasteiger partial charge in [-0.2, -0.15) is 17.0 Å². The van der Waals surface area contributed by atoms with Crippen molar-refractivity contribution in [2.75, 3.05) is 33.2 Å². The molecule has 0 radical (unpaired) electrons. The molecule has 0 amide bonds. The molecule has 1 aromatic rings. The van der Waals surface area contributed by atoms with E-state index < -0.39 is 10.2 Å². The van der Waals surface area contributed by atoms with Gasteiger partial charge in [-0.05, 0) is 25.0 Å². The Bertz CT molecular complexity index is 609. The maximum Gasteiger partial charge on any atom is 0.282 e. The average Bonchev–Trinajstić information content (AvgIpc) is 2.63. The first kappa shape index (κ1) is 17.8. The van der Waals surface area contributed by atoms with Crippen molar-refractivity contribution in [2.24, 2.45) is 0 Å². The molecule has 1 saturated carbocycles. The standard InChI is InChI=1S/C17H28N4O2S/c1-19(17-8-3-2-4-9-17)24(22,23)21-13-11-20(12-14-21)15-16-7-5-6-10-18-16/h5-7,10,17H,2-4,8-9,11-15H2,1H3. The summed E-state index contributed by atoms with van der Waals surface area (Å²) in [7, 11) is -1.58. The third-order valence-electron chi connectivity index (χ3n) is 5.22. The molecule has 2 fully saturated rings. The number of rotatable bonds is 5. The van der Waals surface area contributed by atoms with E-state index in [9.17, 15) is 8.42 Å². The van der Waals surface area contributed by atoms with Crippen LogP contribution in [0.3, 0.4) is 0 Å². The summed E-state index contributed by atoms with van der Waals surface area (Å²) in [6.45, 7) is 3.42. The van der Waals surface area contributed by atoms with Crippen molar-refractivity contribution in [3.8, 4) is 0 Å². The fourth-order valence-electron chi connectivity index (χ4n) is 3.65. The summed E-state index contributed by atoms with van der Waals surface area (Å²) in [5.41, 5.74) is 1.04. The smallest absolute Gasteiger partial charge is 0.282 e. The fourth-order valence-corrected chi connectivity index (χ4v) is 5.23. The summed E-state index contributed by atoms with van der Waals surface area (Å²) in [5.74, 6) is 0. The topological polar surface area (TPSA) is 56.8 Å². The summed E-state index contributed by atoms with van der Waals surface area (Å²) in [4.78, 5) is 6.62. The molecule has 6 nitrogen and oxygen atoms in total. The number of hydrogen-bond donors (Lipinski definition) is 0. The van der Waals surface area contributed by atoms with Crippen LogP contribution in [-0.2, 0) is 16.8 Å². The van der Waals surface area contributed by atoms with E-state index in [4.69, 9.17) is 0 Å². The van der Waals surface area contributed by atoms with Crippen LogP contribution in [0.1, 0.15) is 37.8 Å². The molecule has 1 aliphatic carbocycles. The second-order valence-electron chi connectivity index (χ2n) is 6.81. The summed E-state index contributed by atoms with van der Waals surface area (Å²) in [6.07, 6.45) is 7.31. The number of nitrogens with zero attached hydrogens (tertiary/aromatic N) is 4. The van der Waals surface area contributed by atoms with E-state index in [2.05, 4.69) is 9.88 Å². The van der Waals surface area contributed by atoms with Gasteiger partial charge in [0.1, 0.15) is 0 Å². The molecule has 0 aromatic carbocycles. The lowest BCUT2D eigenvalue weighted by molar-refractivity contribution is 0.169. The van der Waals surface area contributed by atoms with Crippen LogP contribution in [0.4, 0.5) is 0 Å². The highest BCUT2D eigenvalue weighted by Gasteiger charge is 2.34. The Kier molecular flexibility index (Phi) is 5.86. The zero-order valence-electron chi connectivity index (χ0n) is 14.5. The molecule has 0 N–H and O–H groups in total. The second-order valence-corrected chi connectivity index (χ2v) is 8.80. The Balaban J connectivity index is 1.55. The number of hydrogen-bond acceptors (Lipinski definition) is 4. The van der Waals surface area contributed by atoms with E-state index in [0.717, 1.165) is 51.0 Å². The third-order valence-corrected chi connectivity index (χ3v) is 7.27. The van der Waals surface area contributed by atoms with Crippen LogP contribution in [0.15, 0.2) is 24.4 Å². The normalized spacial score (nSPS) is 22.1. The molecule has 7 heteroatoms. The van der Waals surface area contributed by atoms with Gasteiger partial charge in [0.25, 0.3) is 10.2 Å². The summed E-state index contributed by atoms with van der Waals surface area (Å²) in [6, 6.07) is 6.09. The van der Waals surface area contributed by atoms with Gasteiger partial charge in [0, 0.05) is 52.0 Å². The molecule has 24 heavy (non-hydrogen) atoms. The zero-order valence-corrected chi connectivity index (χ0v) is 15.3. The molecule has 2 aliphatic rings. The molecule has 0 unspecified atom stereocenters. The molecule has 0 spiro atoms. The van der Waals surface area contributed by atoms with Gasteiger partial charge >= 0.3 is 0 Å². The summed E-state index contributed by atoms with van der Waals surface area (Å²) in [5, 5.41) is 0. The van der Waals surface area contributed by atoms with E-state index >= 15 is 0 Å². The van der Waals surface area contributed by atoms with Crippen molar-refractivity contribution in [3.63, 3.8) is 0 Å². The SMILES string of the molecule is CN(C1CCCCC1)S(=O)(=O)N1CCN(Cc2ccccn2)CC1. The maximum atomic E-state index is 12.9. The van der Waals surface area contributed by atoms with Crippen molar-refractivity contribution in [1.82, 2.24) is 18.5 Å². The third kappa shape index (κ3) is 4.14. The minimum atomic E-state index is -3.33. The van der Waals surface area contributed by atoms with Crippen molar-refractivity contribution in [1.29, 1.82) is 0 Å². The highest BCUT2D eigenvalue weighted by atomic mass is 32.2. The van der Waals surface area contributed by atoms with Gasteiger partial charge in [-0.15, -0.1) is 0 Å². The Hall–Kier alpha value is -1.02. The van der Waals surface area contributed by atoms with Gasteiger partial charge in [-0.3, -0.25) is 9.88 Å². The van der Waals surface area contributed by atoms with Crippen molar-refractivity contribution < 1.29 is 8.42 Å². The van der Waals surface area contributed by atoms with E-state index in [1.807, 2.05) is 18.2 Å².